The van der Waals surface area contributed by atoms with Crippen molar-refractivity contribution in [3.8, 4) is 0 Å². The summed E-state index contributed by atoms with van der Waals surface area (Å²) in [4.78, 5) is 29.4. The number of nitrogens with zero attached hydrogens (tertiary/aromatic N) is 1. The number of amides is 2. The third-order valence-electron chi connectivity index (χ3n) is 5.48. The minimum absolute atomic E-state index is 0.122. The Balaban J connectivity index is 1.81. The molecule has 0 aromatic heterocycles. The standard InChI is InChI=1S/C28H30ClFN2O2S/c1-2-17-31-28(34)26(19-21-6-4-3-5-7-21)32(20-22-8-12-24(30)13-9-22)27(33)16-18-35-25-14-10-23(29)11-15-25/h3-15,26H,2,16-20H2,1H3,(H,31,34)/t26-/m1/s1. The average molecular weight is 513 g/mol. The molecule has 0 radical (unpaired) electrons. The largest absolute Gasteiger partial charge is 0.354 e. The fourth-order valence-corrected chi connectivity index (χ4v) is 4.60. The van der Waals surface area contributed by atoms with Crippen LogP contribution in [0.15, 0.2) is 83.8 Å². The van der Waals surface area contributed by atoms with Crippen molar-refractivity contribution < 1.29 is 14.0 Å². The van der Waals surface area contributed by atoms with Crippen LogP contribution in [0.1, 0.15) is 30.9 Å². The number of hydrogen-bond donors (Lipinski definition) is 1. The maximum absolute atomic E-state index is 13.5. The summed E-state index contributed by atoms with van der Waals surface area (Å²) in [6.07, 6.45) is 1.46. The summed E-state index contributed by atoms with van der Waals surface area (Å²) in [5.74, 6) is -0.0814. The number of hydrogen-bond acceptors (Lipinski definition) is 3. The van der Waals surface area contributed by atoms with E-state index in [0.29, 0.717) is 23.7 Å². The van der Waals surface area contributed by atoms with E-state index in [1.54, 1.807) is 28.8 Å². The number of rotatable bonds is 12. The molecule has 0 aliphatic heterocycles. The molecule has 184 valence electrons. The normalized spacial score (nSPS) is 11.6. The number of nitrogens with one attached hydrogen (secondary N) is 1. The lowest BCUT2D eigenvalue weighted by Gasteiger charge is -2.31. The molecule has 7 heteroatoms. The summed E-state index contributed by atoms with van der Waals surface area (Å²) in [7, 11) is 0. The predicted molar refractivity (Wildman–Crippen MR) is 141 cm³/mol. The first kappa shape index (κ1) is 26.8. The Bertz CT molecular complexity index is 1080. The Hall–Kier alpha value is -2.83. The first-order chi connectivity index (χ1) is 17.0. The Morgan fingerprint density at radius 2 is 1.66 bits per heavy atom. The van der Waals surface area contributed by atoms with E-state index in [-0.39, 0.29) is 30.6 Å². The van der Waals surface area contributed by atoms with Crippen molar-refractivity contribution in [1.29, 1.82) is 0 Å². The van der Waals surface area contributed by atoms with Gasteiger partial charge >= 0.3 is 0 Å². The van der Waals surface area contributed by atoms with E-state index in [9.17, 15) is 14.0 Å². The van der Waals surface area contributed by atoms with Gasteiger partial charge in [-0.3, -0.25) is 9.59 Å². The molecule has 2 amide bonds. The molecule has 0 aliphatic carbocycles. The minimum atomic E-state index is -0.679. The van der Waals surface area contributed by atoms with Crippen molar-refractivity contribution in [1.82, 2.24) is 10.2 Å². The maximum atomic E-state index is 13.5. The van der Waals surface area contributed by atoms with E-state index < -0.39 is 6.04 Å². The molecule has 0 unspecified atom stereocenters. The summed E-state index contributed by atoms with van der Waals surface area (Å²) in [5.41, 5.74) is 1.74. The summed E-state index contributed by atoms with van der Waals surface area (Å²) in [6, 6.07) is 22.5. The quantitative estimate of drug-likeness (QED) is 0.297. The average Bonchev–Trinajstić information content (AvgIpc) is 2.87. The van der Waals surface area contributed by atoms with Gasteiger partial charge in [-0.2, -0.15) is 0 Å². The van der Waals surface area contributed by atoms with Crippen LogP contribution < -0.4 is 5.32 Å². The Morgan fingerprint density at radius 3 is 2.31 bits per heavy atom. The van der Waals surface area contributed by atoms with Gasteiger partial charge in [-0.15, -0.1) is 11.8 Å². The van der Waals surface area contributed by atoms with Gasteiger partial charge in [0.2, 0.25) is 11.8 Å². The Morgan fingerprint density at radius 1 is 0.971 bits per heavy atom. The molecule has 0 bridgehead atoms. The molecule has 1 N–H and O–H groups in total. The van der Waals surface area contributed by atoms with Crippen LogP contribution in [0.4, 0.5) is 4.39 Å². The van der Waals surface area contributed by atoms with Crippen LogP contribution in [0.25, 0.3) is 0 Å². The van der Waals surface area contributed by atoms with E-state index in [1.807, 2.05) is 61.5 Å². The molecule has 0 fully saturated rings. The molecule has 0 aliphatic rings. The molecule has 1 atom stereocenters. The fraction of sp³-hybridized carbons (Fsp3) is 0.286. The van der Waals surface area contributed by atoms with E-state index >= 15 is 0 Å². The van der Waals surface area contributed by atoms with Crippen molar-refractivity contribution in [3.05, 3.63) is 101 Å². The van der Waals surface area contributed by atoms with Crippen LogP contribution in [0.3, 0.4) is 0 Å². The van der Waals surface area contributed by atoms with Crippen molar-refractivity contribution >= 4 is 35.2 Å². The molecule has 0 spiro atoms. The summed E-state index contributed by atoms with van der Waals surface area (Å²) in [5, 5.41) is 3.62. The lowest BCUT2D eigenvalue weighted by molar-refractivity contribution is -0.141. The van der Waals surface area contributed by atoms with Gasteiger partial charge in [-0.1, -0.05) is 61.0 Å². The minimum Gasteiger partial charge on any atom is -0.354 e. The van der Waals surface area contributed by atoms with Crippen molar-refractivity contribution in [2.45, 2.75) is 43.7 Å². The van der Waals surface area contributed by atoms with Gasteiger partial charge in [0.1, 0.15) is 11.9 Å². The third-order valence-corrected chi connectivity index (χ3v) is 6.75. The van der Waals surface area contributed by atoms with Gasteiger partial charge in [-0.25, -0.2) is 4.39 Å². The first-order valence-corrected chi connectivity index (χ1v) is 13.1. The second-order valence-corrected chi connectivity index (χ2v) is 9.80. The molecule has 35 heavy (non-hydrogen) atoms. The highest BCUT2D eigenvalue weighted by atomic mass is 35.5. The molecule has 0 heterocycles. The molecule has 3 aromatic carbocycles. The second kappa shape index (κ2) is 13.9. The van der Waals surface area contributed by atoms with E-state index in [4.69, 9.17) is 11.6 Å². The Kier molecular flexibility index (Phi) is 10.6. The zero-order chi connectivity index (χ0) is 25.0. The number of carbonyl (C=O) groups is 2. The van der Waals surface area contributed by atoms with Gasteiger partial charge in [-0.05, 0) is 53.9 Å². The lowest BCUT2D eigenvalue weighted by atomic mass is 10.0. The third kappa shape index (κ3) is 8.71. The van der Waals surface area contributed by atoms with Crippen LogP contribution in [-0.2, 0) is 22.6 Å². The van der Waals surface area contributed by atoms with Crippen molar-refractivity contribution in [3.63, 3.8) is 0 Å². The SMILES string of the molecule is CCCNC(=O)[C@@H](Cc1ccccc1)N(Cc1ccc(F)cc1)C(=O)CCSc1ccc(Cl)cc1. The number of benzene rings is 3. The van der Waals surface area contributed by atoms with Crippen LogP contribution in [0.5, 0.6) is 0 Å². The molecular formula is C28H30ClFN2O2S. The predicted octanol–water partition coefficient (Wildman–Crippen LogP) is 6.13. The maximum Gasteiger partial charge on any atom is 0.243 e. The highest BCUT2D eigenvalue weighted by Crippen LogP contribution is 2.22. The van der Waals surface area contributed by atoms with Gasteiger partial charge in [0, 0.05) is 41.6 Å². The Labute approximate surface area is 215 Å². The number of thioether (sulfide) groups is 1. The molecule has 3 rings (SSSR count). The lowest BCUT2D eigenvalue weighted by Crippen LogP contribution is -2.50. The summed E-state index contributed by atoms with van der Waals surface area (Å²) in [6.45, 7) is 2.75. The second-order valence-electron chi connectivity index (χ2n) is 8.20. The smallest absolute Gasteiger partial charge is 0.243 e. The van der Waals surface area contributed by atoms with Gasteiger partial charge in [0.05, 0.1) is 0 Å². The molecular weight excluding hydrogens is 483 g/mol. The molecule has 3 aromatic rings. The van der Waals surface area contributed by atoms with E-state index in [2.05, 4.69) is 5.32 Å². The highest BCUT2D eigenvalue weighted by Gasteiger charge is 2.30. The number of halogens is 2. The summed E-state index contributed by atoms with van der Waals surface area (Å²) >= 11 is 7.53. The zero-order valence-electron chi connectivity index (χ0n) is 19.8. The van der Waals surface area contributed by atoms with Gasteiger partial charge < -0.3 is 10.2 Å². The van der Waals surface area contributed by atoms with Crippen LogP contribution in [-0.4, -0.2) is 35.1 Å². The highest BCUT2D eigenvalue weighted by molar-refractivity contribution is 7.99. The summed E-state index contributed by atoms with van der Waals surface area (Å²) < 4.78 is 13.5. The number of carbonyl (C=O) groups excluding carboxylic acids is 2. The first-order valence-electron chi connectivity index (χ1n) is 11.7. The molecule has 0 saturated heterocycles. The van der Waals surface area contributed by atoms with Crippen LogP contribution in [0, 0.1) is 5.82 Å². The zero-order valence-corrected chi connectivity index (χ0v) is 21.3. The van der Waals surface area contributed by atoms with Gasteiger partial charge in [0.25, 0.3) is 0 Å². The monoisotopic (exact) mass is 512 g/mol. The van der Waals surface area contributed by atoms with Crippen molar-refractivity contribution in [2.75, 3.05) is 12.3 Å². The van der Waals surface area contributed by atoms with Crippen LogP contribution in [0.2, 0.25) is 5.02 Å². The van der Waals surface area contributed by atoms with Crippen molar-refractivity contribution in [2.24, 2.45) is 0 Å². The van der Waals surface area contributed by atoms with E-state index in [1.165, 1.54) is 12.1 Å². The van der Waals surface area contributed by atoms with E-state index in [0.717, 1.165) is 22.4 Å². The van der Waals surface area contributed by atoms with Crippen LogP contribution >= 0.6 is 23.4 Å². The fourth-order valence-electron chi connectivity index (χ4n) is 3.64. The molecule has 0 saturated carbocycles. The topological polar surface area (TPSA) is 49.4 Å². The van der Waals surface area contributed by atoms with Gasteiger partial charge in [0.15, 0.2) is 0 Å². The molecule has 4 nitrogen and oxygen atoms in total.